The molecule has 18 heavy (non-hydrogen) atoms. The molecule has 0 saturated carbocycles. The van der Waals surface area contributed by atoms with Gasteiger partial charge in [-0.3, -0.25) is 4.79 Å². The van der Waals surface area contributed by atoms with Crippen LogP contribution in [0.3, 0.4) is 0 Å². The Kier molecular flexibility index (Phi) is 2.76. The Hall–Kier alpha value is -1.53. The number of fused-ring (bicyclic) bond motifs is 1. The van der Waals surface area contributed by atoms with Crippen molar-refractivity contribution in [2.75, 3.05) is 0 Å². The number of hydrogen-bond acceptors (Lipinski definition) is 4. The van der Waals surface area contributed by atoms with Gasteiger partial charge in [0.15, 0.2) is 6.29 Å². The summed E-state index contributed by atoms with van der Waals surface area (Å²) in [5.41, 5.74) is 2.09. The Morgan fingerprint density at radius 1 is 1.33 bits per heavy atom. The van der Waals surface area contributed by atoms with Crippen molar-refractivity contribution in [3.8, 4) is 11.3 Å². The summed E-state index contributed by atoms with van der Waals surface area (Å²) >= 11 is 4.86. The van der Waals surface area contributed by atoms with Crippen LogP contribution in [-0.2, 0) is 0 Å². The minimum atomic E-state index is 0.497. The lowest BCUT2D eigenvalue weighted by Crippen LogP contribution is -1.93. The van der Waals surface area contributed by atoms with Gasteiger partial charge in [-0.05, 0) is 19.1 Å². The number of rotatable bonds is 2. The average molecular weight is 322 g/mol. The summed E-state index contributed by atoms with van der Waals surface area (Å²) in [6.07, 6.45) is 0.802. The first-order valence-corrected chi connectivity index (χ1v) is 6.87. The molecule has 2 heterocycles. The van der Waals surface area contributed by atoms with Crippen LogP contribution in [0.25, 0.3) is 16.2 Å². The monoisotopic (exact) mass is 321 g/mol. The Morgan fingerprint density at radius 3 is 2.72 bits per heavy atom. The highest BCUT2D eigenvalue weighted by Gasteiger charge is 2.16. The molecule has 0 aliphatic rings. The molecule has 0 N–H and O–H groups in total. The van der Waals surface area contributed by atoms with Gasteiger partial charge in [0.1, 0.15) is 16.4 Å². The van der Waals surface area contributed by atoms with Crippen LogP contribution in [0.5, 0.6) is 0 Å². The molecule has 0 fully saturated rings. The van der Waals surface area contributed by atoms with Crippen LogP contribution in [-0.4, -0.2) is 20.9 Å². The van der Waals surface area contributed by atoms with Gasteiger partial charge in [-0.25, -0.2) is 4.98 Å². The zero-order chi connectivity index (χ0) is 12.7. The summed E-state index contributed by atoms with van der Waals surface area (Å²) < 4.78 is 2.60. The summed E-state index contributed by atoms with van der Waals surface area (Å²) in [4.78, 5) is 16.5. The molecule has 0 aliphatic heterocycles. The van der Waals surface area contributed by atoms with E-state index in [1.165, 1.54) is 11.3 Å². The number of aldehydes is 1. The predicted octanol–water partition coefficient (Wildman–Crippen LogP) is 3.34. The summed E-state index contributed by atoms with van der Waals surface area (Å²) in [7, 11) is 0. The highest BCUT2D eigenvalue weighted by molar-refractivity contribution is 9.10. The maximum absolute atomic E-state index is 11.2. The first-order chi connectivity index (χ1) is 8.69. The standard InChI is InChI=1S/C12H8BrN3OS/c1-7-15-16-10(6-17)11(14-12(16)18-7)8-2-4-9(13)5-3-8/h2-6H,1H3. The van der Waals surface area contributed by atoms with Crippen LogP contribution >= 0.6 is 27.3 Å². The van der Waals surface area contributed by atoms with Crippen molar-refractivity contribution in [1.82, 2.24) is 14.6 Å². The number of hydrogen-bond donors (Lipinski definition) is 0. The molecule has 0 radical (unpaired) electrons. The quantitative estimate of drug-likeness (QED) is 0.680. The molecule has 4 nitrogen and oxygen atoms in total. The number of carbonyl (C=O) groups excluding carboxylic acids is 1. The lowest BCUT2D eigenvalue weighted by atomic mass is 10.1. The molecule has 0 unspecified atom stereocenters. The summed E-state index contributed by atoms with van der Waals surface area (Å²) in [6.45, 7) is 1.90. The van der Waals surface area contributed by atoms with Crippen molar-refractivity contribution >= 4 is 38.5 Å². The minimum absolute atomic E-state index is 0.497. The van der Waals surface area contributed by atoms with E-state index in [9.17, 15) is 4.79 Å². The molecular weight excluding hydrogens is 314 g/mol. The van der Waals surface area contributed by atoms with Crippen molar-refractivity contribution in [3.05, 3.63) is 39.4 Å². The summed E-state index contributed by atoms with van der Waals surface area (Å²) in [5, 5.41) is 5.17. The van der Waals surface area contributed by atoms with Gasteiger partial charge in [-0.15, -0.1) is 0 Å². The Morgan fingerprint density at radius 2 is 2.06 bits per heavy atom. The lowest BCUT2D eigenvalue weighted by molar-refractivity contribution is 0.111. The maximum atomic E-state index is 11.2. The number of aryl methyl sites for hydroxylation is 1. The van der Waals surface area contributed by atoms with E-state index in [-0.39, 0.29) is 0 Å². The van der Waals surface area contributed by atoms with Crippen molar-refractivity contribution in [3.63, 3.8) is 0 Å². The summed E-state index contributed by atoms with van der Waals surface area (Å²) in [5.74, 6) is 0. The SMILES string of the molecule is Cc1nn2c(C=O)c(-c3ccc(Br)cc3)nc2s1. The first kappa shape index (κ1) is 11.6. The first-order valence-electron chi connectivity index (χ1n) is 5.26. The van der Waals surface area contributed by atoms with E-state index >= 15 is 0 Å². The fraction of sp³-hybridized carbons (Fsp3) is 0.0833. The van der Waals surface area contributed by atoms with Crippen LogP contribution in [0.15, 0.2) is 28.7 Å². The van der Waals surface area contributed by atoms with E-state index in [1.54, 1.807) is 4.52 Å². The van der Waals surface area contributed by atoms with Crippen LogP contribution in [0.2, 0.25) is 0 Å². The van der Waals surface area contributed by atoms with Gasteiger partial charge in [0.05, 0.1) is 0 Å². The molecule has 0 bridgehead atoms. The van der Waals surface area contributed by atoms with Crippen LogP contribution < -0.4 is 0 Å². The second-order valence-corrected chi connectivity index (χ2v) is 5.86. The fourth-order valence-electron chi connectivity index (χ4n) is 1.79. The average Bonchev–Trinajstić information content (AvgIpc) is 2.85. The van der Waals surface area contributed by atoms with E-state index in [1.807, 2.05) is 31.2 Å². The Labute approximate surface area is 115 Å². The van der Waals surface area contributed by atoms with E-state index in [0.717, 1.165) is 26.3 Å². The highest BCUT2D eigenvalue weighted by Crippen LogP contribution is 2.26. The van der Waals surface area contributed by atoms with Gasteiger partial charge in [0.2, 0.25) is 4.96 Å². The van der Waals surface area contributed by atoms with Crippen molar-refractivity contribution < 1.29 is 4.79 Å². The van der Waals surface area contributed by atoms with Gasteiger partial charge in [0, 0.05) is 10.0 Å². The maximum Gasteiger partial charge on any atom is 0.213 e. The molecule has 3 aromatic rings. The second-order valence-electron chi connectivity index (χ2n) is 3.79. The van der Waals surface area contributed by atoms with Crippen LogP contribution in [0.4, 0.5) is 0 Å². The lowest BCUT2D eigenvalue weighted by Gasteiger charge is -1.98. The third kappa shape index (κ3) is 1.77. The van der Waals surface area contributed by atoms with E-state index in [4.69, 9.17) is 0 Å². The number of aromatic nitrogens is 3. The molecule has 6 heteroatoms. The Balaban J connectivity index is 2.25. The molecule has 0 spiro atoms. The van der Waals surface area contributed by atoms with Crippen LogP contribution in [0.1, 0.15) is 15.5 Å². The van der Waals surface area contributed by atoms with Crippen molar-refractivity contribution in [2.24, 2.45) is 0 Å². The number of halogens is 1. The third-order valence-electron chi connectivity index (χ3n) is 2.57. The predicted molar refractivity (Wildman–Crippen MR) is 74.1 cm³/mol. The fourth-order valence-corrected chi connectivity index (χ4v) is 2.80. The molecule has 0 aliphatic carbocycles. The molecule has 90 valence electrons. The van der Waals surface area contributed by atoms with E-state index in [0.29, 0.717) is 11.4 Å². The molecular formula is C12H8BrN3OS. The topological polar surface area (TPSA) is 47.3 Å². The molecule has 1 aromatic carbocycles. The zero-order valence-corrected chi connectivity index (χ0v) is 11.8. The van der Waals surface area contributed by atoms with Crippen LogP contribution in [0, 0.1) is 6.92 Å². The largest absolute Gasteiger partial charge is 0.296 e. The molecule has 0 amide bonds. The van der Waals surface area contributed by atoms with Gasteiger partial charge < -0.3 is 0 Å². The number of nitrogens with zero attached hydrogens (tertiary/aromatic N) is 3. The van der Waals surface area contributed by atoms with E-state index < -0.39 is 0 Å². The molecule has 0 atom stereocenters. The van der Waals surface area contributed by atoms with E-state index in [2.05, 4.69) is 26.0 Å². The van der Waals surface area contributed by atoms with Gasteiger partial charge in [-0.1, -0.05) is 39.4 Å². The molecule has 3 rings (SSSR count). The smallest absolute Gasteiger partial charge is 0.213 e. The second kappa shape index (κ2) is 4.29. The van der Waals surface area contributed by atoms with Gasteiger partial charge >= 0.3 is 0 Å². The minimum Gasteiger partial charge on any atom is -0.296 e. The van der Waals surface area contributed by atoms with Gasteiger partial charge in [-0.2, -0.15) is 9.61 Å². The van der Waals surface area contributed by atoms with Gasteiger partial charge in [0.25, 0.3) is 0 Å². The third-order valence-corrected chi connectivity index (χ3v) is 3.92. The normalized spacial score (nSPS) is 11.0. The highest BCUT2D eigenvalue weighted by atomic mass is 79.9. The Bertz CT molecular complexity index is 730. The molecule has 2 aromatic heterocycles. The van der Waals surface area contributed by atoms with Crippen molar-refractivity contribution in [1.29, 1.82) is 0 Å². The number of benzene rings is 1. The summed E-state index contributed by atoms with van der Waals surface area (Å²) in [6, 6.07) is 7.71. The zero-order valence-electron chi connectivity index (χ0n) is 9.42. The number of carbonyl (C=O) groups is 1. The van der Waals surface area contributed by atoms with Crippen molar-refractivity contribution in [2.45, 2.75) is 6.92 Å². The number of imidazole rings is 1. The molecule has 0 saturated heterocycles.